The molecule has 2 fully saturated rings. The van der Waals surface area contributed by atoms with Crippen molar-refractivity contribution in [3.63, 3.8) is 0 Å². The van der Waals surface area contributed by atoms with E-state index in [-0.39, 0.29) is 11.6 Å². The SMILES string of the molecule is CC(C)(CNC(=O)N1CCCC[C@H]1C(N)=O)N1CCCCC1. The van der Waals surface area contributed by atoms with Gasteiger partial charge >= 0.3 is 6.03 Å². The van der Waals surface area contributed by atoms with Crippen LogP contribution in [0.25, 0.3) is 0 Å². The largest absolute Gasteiger partial charge is 0.368 e. The fourth-order valence-corrected chi connectivity index (χ4v) is 3.47. The summed E-state index contributed by atoms with van der Waals surface area (Å²) in [6, 6.07) is -0.611. The van der Waals surface area contributed by atoms with Gasteiger partial charge in [0.05, 0.1) is 0 Å². The number of hydrogen-bond acceptors (Lipinski definition) is 3. The maximum atomic E-state index is 12.4. The summed E-state index contributed by atoms with van der Waals surface area (Å²) < 4.78 is 0. The number of nitrogens with one attached hydrogen (secondary N) is 1. The third-order valence-corrected chi connectivity index (χ3v) is 4.98. The molecule has 0 spiro atoms. The smallest absolute Gasteiger partial charge is 0.318 e. The molecule has 22 heavy (non-hydrogen) atoms. The van der Waals surface area contributed by atoms with Crippen molar-refractivity contribution in [2.45, 2.75) is 64.0 Å². The lowest BCUT2D eigenvalue weighted by molar-refractivity contribution is -0.123. The minimum atomic E-state index is -0.452. The lowest BCUT2D eigenvalue weighted by atomic mass is 9.98. The number of carbonyl (C=O) groups is 2. The number of nitrogens with zero attached hydrogens (tertiary/aromatic N) is 2. The molecule has 2 aliphatic rings. The predicted octanol–water partition coefficient (Wildman–Crippen LogP) is 1.30. The average Bonchev–Trinajstić information content (AvgIpc) is 2.53. The summed E-state index contributed by atoms with van der Waals surface area (Å²) in [6.45, 7) is 7.73. The van der Waals surface area contributed by atoms with E-state index in [2.05, 4.69) is 24.1 Å². The molecule has 1 atom stereocenters. The van der Waals surface area contributed by atoms with Gasteiger partial charge in [0, 0.05) is 18.6 Å². The van der Waals surface area contributed by atoms with Crippen molar-refractivity contribution in [3.8, 4) is 0 Å². The average molecular weight is 310 g/mol. The molecule has 0 aromatic heterocycles. The zero-order valence-corrected chi connectivity index (χ0v) is 13.9. The topological polar surface area (TPSA) is 78.7 Å². The minimum absolute atomic E-state index is 0.0614. The van der Waals surface area contributed by atoms with Crippen LogP contribution in [0.5, 0.6) is 0 Å². The Bertz CT molecular complexity index is 405. The highest BCUT2D eigenvalue weighted by Gasteiger charge is 2.33. The van der Waals surface area contributed by atoms with Crippen LogP contribution in [-0.2, 0) is 4.79 Å². The molecular weight excluding hydrogens is 280 g/mol. The van der Waals surface area contributed by atoms with Gasteiger partial charge in [0.15, 0.2) is 0 Å². The van der Waals surface area contributed by atoms with Crippen LogP contribution in [0.3, 0.4) is 0 Å². The van der Waals surface area contributed by atoms with E-state index in [9.17, 15) is 9.59 Å². The van der Waals surface area contributed by atoms with Crippen molar-refractivity contribution >= 4 is 11.9 Å². The van der Waals surface area contributed by atoms with Crippen LogP contribution in [0.4, 0.5) is 4.79 Å². The number of rotatable bonds is 4. The first kappa shape index (κ1) is 17.1. The maximum Gasteiger partial charge on any atom is 0.318 e. The van der Waals surface area contributed by atoms with E-state index in [1.165, 1.54) is 19.3 Å². The minimum Gasteiger partial charge on any atom is -0.368 e. The van der Waals surface area contributed by atoms with Gasteiger partial charge in [0.2, 0.25) is 5.91 Å². The zero-order chi connectivity index (χ0) is 16.2. The summed E-state index contributed by atoms with van der Waals surface area (Å²) in [5, 5.41) is 3.01. The molecule has 3 amide bonds. The highest BCUT2D eigenvalue weighted by Crippen LogP contribution is 2.21. The third-order valence-electron chi connectivity index (χ3n) is 4.98. The second-order valence-electron chi connectivity index (χ2n) is 7.13. The van der Waals surface area contributed by atoms with E-state index in [1.807, 2.05) is 0 Å². The van der Waals surface area contributed by atoms with Gasteiger partial charge in [-0.3, -0.25) is 9.69 Å². The van der Waals surface area contributed by atoms with E-state index in [0.717, 1.165) is 25.9 Å². The standard InChI is InChI=1S/C16H30N4O2/c1-16(2,19-9-5-3-6-10-19)12-18-15(22)20-11-7-4-8-13(20)14(17)21/h13H,3-12H2,1-2H3,(H2,17,21)(H,18,22)/t13-/m0/s1. The Morgan fingerprint density at radius 3 is 2.36 bits per heavy atom. The Morgan fingerprint density at radius 2 is 1.73 bits per heavy atom. The number of carbonyl (C=O) groups excluding carboxylic acids is 2. The van der Waals surface area contributed by atoms with Crippen molar-refractivity contribution in [2.24, 2.45) is 5.73 Å². The molecule has 6 nitrogen and oxygen atoms in total. The normalized spacial score (nSPS) is 24.1. The Labute approximate surface area is 133 Å². The number of likely N-dealkylation sites (tertiary alicyclic amines) is 2. The fraction of sp³-hybridized carbons (Fsp3) is 0.875. The quantitative estimate of drug-likeness (QED) is 0.821. The summed E-state index contributed by atoms with van der Waals surface area (Å²) in [5.74, 6) is -0.398. The van der Waals surface area contributed by atoms with Gasteiger partial charge in [0.25, 0.3) is 0 Å². The molecule has 0 unspecified atom stereocenters. The molecule has 2 saturated heterocycles. The van der Waals surface area contributed by atoms with Crippen LogP contribution in [0, 0.1) is 0 Å². The molecule has 3 N–H and O–H groups in total. The first-order valence-corrected chi connectivity index (χ1v) is 8.51. The number of amides is 3. The van der Waals surface area contributed by atoms with Crippen LogP contribution in [-0.4, -0.2) is 59.5 Å². The number of primary amides is 1. The summed E-state index contributed by atoms with van der Waals surface area (Å²) in [4.78, 5) is 28.0. The molecular formula is C16H30N4O2. The molecule has 6 heteroatoms. The first-order chi connectivity index (χ1) is 10.4. The highest BCUT2D eigenvalue weighted by atomic mass is 16.2. The van der Waals surface area contributed by atoms with Crippen LogP contribution < -0.4 is 11.1 Å². The van der Waals surface area contributed by atoms with E-state index < -0.39 is 11.9 Å². The summed E-state index contributed by atoms with van der Waals surface area (Å²) in [7, 11) is 0. The van der Waals surface area contributed by atoms with Gasteiger partial charge in [-0.25, -0.2) is 4.79 Å². The van der Waals surface area contributed by atoms with Gasteiger partial charge in [-0.05, 0) is 59.0 Å². The Morgan fingerprint density at radius 1 is 1.09 bits per heavy atom. The molecule has 2 rings (SSSR count). The predicted molar refractivity (Wildman–Crippen MR) is 86.4 cm³/mol. The molecule has 0 radical (unpaired) electrons. The van der Waals surface area contributed by atoms with Crippen LogP contribution >= 0.6 is 0 Å². The molecule has 0 saturated carbocycles. The van der Waals surface area contributed by atoms with E-state index in [0.29, 0.717) is 19.5 Å². The summed E-state index contributed by atoms with van der Waals surface area (Å²) in [6.07, 6.45) is 6.33. The van der Waals surface area contributed by atoms with Gasteiger partial charge in [-0.2, -0.15) is 0 Å². The van der Waals surface area contributed by atoms with Crippen molar-refractivity contribution < 1.29 is 9.59 Å². The van der Waals surface area contributed by atoms with Crippen molar-refractivity contribution in [1.29, 1.82) is 0 Å². The zero-order valence-electron chi connectivity index (χ0n) is 13.9. The highest BCUT2D eigenvalue weighted by molar-refractivity contribution is 5.86. The second kappa shape index (κ2) is 7.31. The van der Waals surface area contributed by atoms with Gasteiger partial charge in [-0.1, -0.05) is 6.42 Å². The van der Waals surface area contributed by atoms with Crippen molar-refractivity contribution in [1.82, 2.24) is 15.1 Å². The van der Waals surface area contributed by atoms with Crippen LogP contribution in [0.15, 0.2) is 0 Å². The van der Waals surface area contributed by atoms with E-state index in [4.69, 9.17) is 5.73 Å². The fourth-order valence-electron chi connectivity index (χ4n) is 3.47. The molecule has 0 aromatic carbocycles. The number of nitrogens with two attached hydrogens (primary N) is 1. The molecule has 0 aromatic rings. The molecule has 2 heterocycles. The van der Waals surface area contributed by atoms with Crippen LogP contribution in [0.1, 0.15) is 52.4 Å². The van der Waals surface area contributed by atoms with Gasteiger partial charge < -0.3 is 16.0 Å². The van der Waals surface area contributed by atoms with E-state index >= 15 is 0 Å². The lowest BCUT2D eigenvalue weighted by Crippen LogP contribution is -2.58. The Kier molecular flexibility index (Phi) is 5.67. The molecule has 0 aliphatic carbocycles. The summed E-state index contributed by atoms with van der Waals surface area (Å²) in [5.41, 5.74) is 5.36. The van der Waals surface area contributed by atoms with E-state index in [1.54, 1.807) is 4.90 Å². The monoisotopic (exact) mass is 310 g/mol. The molecule has 126 valence electrons. The maximum absolute atomic E-state index is 12.4. The van der Waals surface area contributed by atoms with Crippen molar-refractivity contribution in [2.75, 3.05) is 26.2 Å². The van der Waals surface area contributed by atoms with Gasteiger partial charge in [-0.15, -0.1) is 0 Å². The van der Waals surface area contributed by atoms with Crippen LogP contribution in [0.2, 0.25) is 0 Å². The lowest BCUT2D eigenvalue weighted by Gasteiger charge is -2.42. The van der Waals surface area contributed by atoms with Crippen molar-refractivity contribution in [3.05, 3.63) is 0 Å². The Hall–Kier alpha value is -1.30. The first-order valence-electron chi connectivity index (χ1n) is 8.51. The Balaban J connectivity index is 1.89. The second-order valence-corrected chi connectivity index (χ2v) is 7.13. The molecule has 0 bridgehead atoms. The molecule has 2 aliphatic heterocycles. The summed E-state index contributed by atoms with van der Waals surface area (Å²) >= 11 is 0. The third kappa shape index (κ3) is 4.12. The number of hydrogen-bond donors (Lipinski definition) is 2. The number of urea groups is 1. The van der Waals surface area contributed by atoms with Gasteiger partial charge in [0.1, 0.15) is 6.04 Å². The number of piperidine rings is 2.